The van der Waals surface area contributed by atoms with E-state index in [1.807, 2.05) is 6.07 Å². The Morgan fingerprint density at radius 2 is 1.94 bits per heavy atom. The Hall–Kier alpha value is -2.23. The van der Waals surface area contributed by atoms with Gasteiger partial charge in [-0.3, -0.25) is 9.69 Å². The lowest BCUT2D eigenvalue weighted by atomic mass is 10.1. The van der Waals surface area contributed by atoms with E-state index in [-0.39, 0.29) is 11.7 Å². The molecule has 178 valence electrons. The van der Waals surface area contributed by atoms with Crippen molar-refractivity contribution in [2.45, 2.75) is 37.9 Å². The molecule has 8 nitrogen and oxygen atoms in total. The van der Waals surface area contributed by atoms with Crippen LogP contribution in [0.4, 0.5) is 5.82 Å². The number of halogens is 1. The van der Waals surface area contributed by atoms with Crippen molar-refractivity contribution in [3.8, 4) is 11.5 Å². The van der Waals surface area contributed by atoms with Gasteiger partial charge in [-0.15, -0.1) is 0 Å². The van der Waals surface area contributed by atoms with Crippen LogP contribution in [0.5, 0.6) is 11.5 Å². The third kappa shape index (κ3) is 6.88. The van der Waals surface area contributed by atoms with E-state index in [2.05, 4.69) is 44.1 Å². The van der Waals surface area contributed by atoms with Gasteiger partial charge in [0.15, 0.2) is 16.7 Å². The average Bonchev–Trinajstić information content (AvgIpc) is 3.29. The van der Waals surface area contributed by atoms with E-state index < -0.39 is 0 Å². The number of benzene rings is 1. The highest BCUT2D eigenvalue weighted by atomic mass is 35.5. The van der Waals surface area contributed by atoms with Gasteiger partial charge in [-0.1, -0.05) is 49.2 Å². The topological polar surface area (TPSA) is 79.8 Å². The van der Waals surface area contributed by atoms with Crippen molar-refractivity contribution in [1.82, 2.24) is 20.2 Å². The zero-order valence-electron chi connectivity index (χ0n) is 18.9. The number of aromatic nitrogens is 2. The van der Waals surface area contributed by atoms with Crippen LogP contribution in [-0.4, -0.2) is 66.0 Å². The summed E-state index contributed by atoms with van der Waals surface area (Å²) in [6.07, 6.45) is 3.26. The first-order valence-corrected chi connectivity index (χ1v) is 12.8. The highest BCUT2D eigenvalue weighted by Crippen LogP contribution is 2.33. The Morgan fingerprint density at radius 1 is 1.12 bits per heavy atom. The van der Waals surface area contributed by atoms with Crippen molar-refractivity contribution in [3.63, 3.8) is 0 Å². The number of unbranched alkanes of at least 4 members (excludes halogenated alkanes) is 2. The summed E-state index contributed by atoms with van der Waals surface area (Å²) in [6.45, 7) is 7.54. The van der Waals surface area contributed by atoms with Crippen molar-refractivity contribution < 1.29 is 14.3 Å². The van der Waals surface area contributed by atoms with Crippen molar-refractivity contribution >= 4 is 35.1 Å². The average molecular weight is 492 g/mol. The summed E-state index contributed by atoms with van der Waals surface area (Å²) in [5.74, 6) is 2.73. The molecule has 1 amide bonds. The smallest absolute Gasteiger partial charge is 0.231 e. The molecule has 4 rings (SSSR count). The lowest BCUT2D eigenvalue weighted by Crippen LogP contribution is -2.46. The molecule has 1 aromatic heterocycles. The van der Waals surface area contributed by atoms with Crippen LogP contribution in [0, 0.1) is 0 Å². The summed E-state index contributed by atoms with van der Waals surface area (Å²) >= 11 is 7.58. The zero-order valence-corrected chi connectivity index (χ0v) is 20.5. The molecule has 1 fully saturated rings. The van der Waals surface area contributed by atoms with Crippen molar-refractivity contribution in [2.24, 2.45) is 0 Å². The molecule has 0 aliphatic carbocycles. The number of carbonyl (C=O) groups is 1. The quantitative estimate of drug-likeness (QED) is 0.234. The second-order valence-corrected chi connectivity index (χ2v) is 9.46. The number of anilines is 1. The van der Waals surface area contributed by atoms with E-state index in [0.29, 0.717) is 23.6 Å². The maximum absolute atomic E-state index is 12.0. The van der Waals surface area contributed by atoms with Crippen LogP contribution in [0.1, 0.15) is 31.7 Å². The summed E-state index contributed by atoms with van der Waals surface area (Å²) in [4.78, 5) is 25.6. The summed E-state index contributed by atoms with van der Waals surface area (Å²) in [6, 6.07) is 7.92. The molecule has 1 saturated heterocycles. The van der Waals surface area contributed by atoms with E-state index in [9.17, 15) is 4.79 Å². The Kier molecular flexibility index (Phi) is 8.52. The maximum atomic E-state index is 12.0. The number of carbonyl (C=O) groups excluding carboxylic acids is 1. The number of thioether (sulfide) groups is 1. The first-order valence-electron chi connectivity index (χ1n) is 11.4. The fourth-order valence-electron chi connectivity index (χ4n) is 3.83. The van der Waals surface area contributed by atoms with Crippen LogP contribution in [-0.2, 0) is 11.3 Å². The minimum absolute atomic E-state index is 0.00152. The third-order valence-electron chi connectivity index (χ3n) is 5.64. The Labute approximate surface area is 204 Å². The molecule has 33 heavy (non-hydrogen) atoms. The van der Waals surface area contributed by atoms with Gasteiger partial charge < -0.3 is 19.7 Å². The highest BCUT2D eigenvalue weighted by molar-refractivity contribution is 7.99. The second kappa shape index (κ2) is 11.8. The number of ether oxygens (including phenoxy) is 2. The summed E-state index contributed by atoms with van der Waals surface area (Å²) in [5, 5.41) is 3.87. The molecule has 2 aliphatic rings. The van der Waals surface area contributed by atoms with Gasteiger partial charge in [-0.25, -0.2) is 9.97 Å². The fourth-order valence-corrected chi connectivity index (χ4v) is 4.74. The van der Waals surface area contributed by atoms with E-state index in [4.69, 9.17) is 21.1 Å². The lowest BCUT2D eigenvalue weighted by Gasteiger charge is -2.35. The Bertz CT molecular complexity index is 956. The van der Waals surface area contributed by atoms with Gasteiger partial charge in [0.25, 0.3) is 0 Å². The minimum Gasteiger partial charge on any atom is -0.454 e. The van der Waals surface area contributed by atoms with Gasteiger partial charge in [0.2, 0.25) is 12.7 Å². The fraction of sp³-hybridized carbons (Fsp3) is 0.522. The summed E-state index contributed by atoms with van der Waals surface area (Å²) in [5.41, 5.74) is 1.21. The molecule has 0 atom stereocenters. The van der Waals surface area contributed by atoms with Crippen LogP contribution in [0.15, 0.2) is 29.4 Å². The molecule has 10 heteroatoms. The van der Waals surface area contributed by atoms with Crippen LogP contribution in [0.25, 0.3) is 0 Å². The van der Waals surface area contributed by atoms with Gasteiger partial charge >= 0.3 is 0 Å². The van der Waals surface area contributed by atoms with Crippen molar-refractivity contribution in [1.29, 1.82) is 0 Å². The molecule has 1 aromatic carbocycles. The monoisotopic (exact) mass is 491 g/mol. The number of hydrogen-bond acceptors (Lipinski definition) is 8. The Morgan fingerprint density at radius 3 is 2.76 bits per heavy atom. The van der Waals surface area contributed by atoms with Gasteiger partial charge in [0.1, 0.15) is 11.0 Å². The molecule has 0 bridgehead atoms. The van der Waals surface area contributed by atoms with Gasteiger partial charge in [0.05, 0.1) is 5.75 Å². The van der Waals surface area contributed by atoms with Crippen LogP contribution < -0.4 is 19.7 Å². The van der Waals surface area contributed by atoms with Crippen LogP contribution in [0.3, 0.4) is 0 Å². The van der Waals surface area contributed by atoms with Crippen molar-refractivity contribution in [2.75, 3.05) is 50.2 Å². The molecule has 0 saturated carbocycles. The number of amides is 1. The summed E-state index contributed by atoms with van der Waals surface area (Å²) in [7, 11) is 0. The normalized spacial score (nSPS) is 15.6. The van der Waals surface area contributed by atoms with Gasteiger partial charge in [0, 0.05) is 45.3 Å². The highest BCUT2D eigenvalue weighted by Gasteiger charge is 2.21. The molecule has 1 N–H and O–H groups in total. The van der Waals surface area contributed by atoms with Crippen molar-refractivity contribution in [3.05, 3.63) is 35.0 Å². The van der Waals surface area contributed by atoms with Crippen LogP contribution >= 0.6 is 23.4 Å². The van der Waals surface area contributed by atoms with E-state index >= 15 is 0 Å². The Balaban J connectivity index is 1.26. The zero-order chi connectivity index (χ0) is 23.0. The van der Waals surface area contributed by atoms with Gasteiger partial charge in [-0.2, -0.15) is 0 Å². The predicted molar refractivity (Wildman–Crippen MR) is 130 cm³/mol. The van der Waals surface area contributed by atoms with E-state index in [0.717, 1.165) is 69.3 Å². The van der Waals surface area contributed by atoms with E-state index in [1.165, 1.54) is 17.3 Å². The molecule has 2 aliphatic heterocycles. The molecule has 0 spiro atoms. The molecular weight excluding hydrogens is 462 g/mol. The number of piperazine rings is 1. The van der Waals surface area contributed by atoms with Crippen LogP contribution in [0.2, 0.25) is 5.15 Å². The molecule has 0 unspecified atom stereocenters. The minimum atomic E-state index is -0.00152. The molecular formula is C23H30ClN5O3S. The SMILES string of the molecule is CCCCCNC(=O)CSc1nc(Cl)cc(N2CCN(Cc3ccc4c(c3)OCO4)CC2)n1. The lowest BCUT2D eigenvalue weighted by molar-refractivity contribution is -0.118. The first kappa shape index (κ1) is 23.9. The first-order chi connectivity index (χ1) is 16.1. The standard InChI is InChI=1S/C23H30ClN5O3S/c1-2-3-4-7-25-22(30)15-33-23-26-20(24)13-21(27-23)29-10-8-28(9-11-29)14-17-5-6-18-19(12-17)32-16-31-18/h5-6,12-13H,2-4,7-11,14-16H2,1H3,(H,25,30). The number of nitrogens with zero attached hydrogens (tertiary/aromatic N) is 4. The van der Waals surface area contributed by atoms with Gasteiger partial charge in [-0.05, 0) is 24.1 Å². The summed E-state index contributed by atoms with van der Waals surface area (Å²) < 4.78 is 10.9. The molecule has 0 radical (unpaired) electrons. The number of hydrogen-bond donors (Lipinski definition) is 1. The largest absolute Gasteiger partial charge is 0.454 e. The van der Waals surface area contributed by atoms with E-state index in [1.54, 1.807) is 6.07 Å². The number of rotatable bonds is 10. The number of nitrogens with one attached hydrogen (secondary N) is 1. The second-order valence-electron chi connectivity index (χ2n) is 8.13. The third-order valence-corrected chi connectivity index (χ3v) is 6.68. The molecule has 2 aromatic rings. The molecule has 3 heterocycles. The number of fused-ring (bicyclic) bond motifs is 1. The predicted octanol–water partition coefficient (Wildman–Crippen LogP) is 3.58. The maximum Gasteiger partial charge on any atom is 0.231 e.